The Morgan fingerprint density at radius 2 is 2.00 bits per heavy atom. The summed E-state index contributed by atoms with van der Waals surface area (Å²) in [5, 5.41) is 9.89. The van der Waals surface area contributed by atoms with Gasteiger partial charge in [-0.25, -0.2) is 0 Å². The van der Waals surface area contributed by atoms with E-state index < -0.39 is 6.04 Å². The highest BCUT2D eigenvalue weighted by Gasteiger charge is 2.11. The average Bonchev–Trinajstić information content (AvgIpc) is 2.44. The fourth-order valence-corrected chi connectivity index (χ4v) is 1.60. The fourth-order valence-electron chi connectivity index (χ4n) is 1.60. The molecule has 0 aliphatic heterocycles. The number of nitrogens with one attached hydrogen (secondary N) is 2. The van der Waals surface area contributed by atoms with Crippen molar-refractivity contribution in [3.05, 3.63) is 29.8 Å². The predicted molar refractivity (Wildman–Crippen MR) is 80.3 cm³/mol. The summed E-state index contributed by atoms with van der Waals surface area (Å²) in [7, 11) is 0. The van der Waals surface area contributed by atoms with Crippen molar-refractivity contribution in [2.75, 3.05) is 6.61 Å². The van der Waals surface area contributed by atoms with Crippen molar-refractivity contribution in [2.24, 2.45) is 5.73 Å². The number of amides is 1. The van der Waals surface area contributed by atoms with Gasteiger partial charge in [0.15, 0.2) is 0 Å². The molecule has 4 N–H and O–H groups in total. The van der Waals surface area contributed by atoms with Crippen molar-refractivity contribution in [3.8, 4) is 5.75 Å². The van der Waals surface area contributed by atoms with E-state index in [2.05, 4.69) is 12.2 Å². The van der Waals surface area contributed by atoms with Crippen LogP contribution in [0.15, 0.2) is 24.3 Å². The summed E-state index contributed by atoms with van der Waals surface area (Å²) in [4.78, 5) is 11.9. The Bertz CT molecular complexity index is 443. The average molecular weight is 277 g/mol. The molecule has 5 nitrogen and oxygen atoms in total. The first kappa shape index (κ1) is 16.0. The molecular weight excluding hydrogens is 254 g/mol. The molecular formula is C15H23N3O2. The second-order valence-corrected chi connectivity index (χ2v) is 4.73. The molecule has 0 heterocycles. The van der Waals surface area contributed by atoms with Crippen LogP contribution >= 0.6 is 0 Å². The molecule has 0 fully saturated rings. The van der Waals surface area contributed by atoms with Crippen molar-refractivity contribution in [1.82, 2.24) is 5.32 Å². The first-order chi connectivity index (χ1) is 9.54. The number of amidine groups is 1. The summed E-state index contributed by atoms with van der Waals surface area (Å²) in [6.45, 7) is 4.52. The van der Waals surface area contributed by atoms with E-state index in [4.69, 9.17) is 15.9 Å². The first-order valence-corrected chi connectivity index (χ1v) is 6.92. The smallest absolute Gasteiger partial charge is 0.251 e. The SMILES string of the molecule is CCCCCOc1ccc(C(=O)N[C@@H](C)C(=N)N)cc1. The van der Waals surface area contributed by atoms with Crippen LogP contribution in [0.3, 0.4) is 0 Å². The highest BCUT2D eigenvalue weighted by molar-refractivity contribution is 5.97. The quantitative estimate of drug-likeness (QED) is 0.387. The number of hydrogen-bond acceptors (Lipinski definition) is 3. The summed E-state index contributed by atoms with van der Waals surface area (Å²) in [5.74, 6) is 0.455. The van der Waals surface area contributed by atoms with Gasteiger partial charge in [-0.1, -0.05) is 19.8 Å². The molecule has 20 heavy (non-hydrogen) atoms. The Morgan fingerprint density at radius 1 is 1.35 bits per heavy atom. The highest BCUT2D eigenvalue weighted by atomic mass is 16.5. The van der Waals surface area contributed by atoms with E-state index in [0.29, 0.717) is 12.2 Å². The van der Waals surface area contributed by atoms with Crippen molar-refractivity contribution in [2.45, 2.75) is 39.2 Å². The van der Waals surface area contributed by atoms with E-state index in [-0.39, 0.29) is 11.7 Å². The molecule has 0 saturated carbocycles. The Kier molecular flexibility index (Phi) is 6.56. The van der Waals surface area contributed by atoms with E-state index in [0.717, 1.165) is 25.0 Å². The lowest BCUT2D eigenvalue weighted by molar-refractivity contribution is 0.0949. The minimum atomic E-state index is -0.465. The molecule has 1 rings (SSSR count). The Labute approximate surface area is 120 Å². The topological polar surface area (TPSA) is 88.2 Å². The maximum absolute atomic E-state index is 11.9. The van der Waals surface area contributed by atoms with Crippen LogP contribution in [0, 0.1) is 5.41 Å². The van der Waals surface area contributed by atoms with Crippen LogP contribution in [0.4, 0.5) is 0 Å². The zero-order chi connectivity index (χ0) is 15.0. The normalized spacial score (nSPS) is 11.7. The van der Waals surface area contributed by atoms with Crippen LogP contribution < -0.4 is 15.8 Å². The zero-order valence-electron chi connectivity index (χ0n) is 12.1. The van der Waals surface area contributed by atoms with Gasteiger partial charge in [0.05, 0.1) is 12.6 Å². The van der Waals surface area contributed by atoms with Crippen molar-refractivity contribution in [3.63, 3.8) is 0 Å². The summed E-state index contributed by atoms with van der Waals surface area (Å²) in [5.41, 5.74) is 5.84. The van der Waals surface area contributed by atoms with Gasteiger partial charge in [0.25, 0.3) is 5.91 Å². The summed E-state index contributed by atoms with van der Waals surface area (Å²) in [6, 6.07) is 6.50. The van der Waals surface area contributed by atoms with Gasteiger partial charge in [-0.2, -0.15) is 0 Å². The lowest BCUT2D eigenvalue weighted by Crippen LogP contribution is -2.41. The lowest BCUT2D eigenvalue weighted by atomic mass is 10.2. The molecule has 5 heteroatoms. The van der Waals surface area contributed by atoms with Crippen LogP contribution in [0.1, 0.15) is 43.5 Å². The Balaban J connectivity index is 2.49. The minimum absolute atomic E-state index is 0.0609. The third kappa shape index (κ3) is 5.30. The molecule has 1 amide bonds. The van der Waals surface area contributed by atoms with Gasteiger partial charge in [-0.15, -0.1) is 0 Å². The molecule has 110 valence electrons. The van der Waals surface area contributed by atoms with Crippen LogP contribution in [-0.4, -0.2) is 24.4 Å². The van der Waals surface area contributed by atoms with Gasteiger partial charge in [0.2, 0.25) is 0 Å². The number of carbonyl (C=O) groups excluding carboxylic acids is 1. The largest absolute Gasteiger partial charge is 0.494 e. The molecule has 0 spiro atoms. The third-order valence-corrected chi connectivity index (χ3v) is 2.95. The second kappa shape index (κ2) is 8.19. The highest BCUT2D eigenvalue weighted by Crippen LogP contribution is 2.13. The number of benzene rings is 1. The van der Waals surface area contributed by atoms with Crippen LogP contribution in [0.5, 0.6) is 5.75 Å². The summed E-state index contributed by atoms with van der Waals surface area (Å²) in [6.07, 6.45) is 3.36. The molecule has 0 saturated heterocycles. The van der Waals surface area contributed by atoms with Crippen LogP contribution in [0.25, 0.3) is 0 Å². The third-order valence-electron chi connectivity index (χ3n) is 2.95. The van der Waals surface area contributed by atoms with E-state index in [1.807, 2.05) is 0 Å². The molecule has 0 bridgehead atoms. The Hall–Kier alpha value is -2.04. The standard InChI is InChI=1S/C15H23N3O2/c1-3-4-5-10-20-13-8-6-12(7-9-13)15(19)18-11(2)14(16)17/h6-9,11H,3-5,10H2,1-2H3,(H3,16,17)(H,18,19)/t11-/m0/s1. The second-order valence-electron chi connectivity index (χ2n) is 4.73. The summed E-state index contributed by atoms with van der Waals surface area (Å²) >= 11 is 0. The number of unbranched alkanes of at least 4 members (excludes halogenated alkanes) is 2. The van der Waals surface area contributed by atoms with E-state index >= 15 is 0 Å². The van der Waals surface area contributed by atoms with Gasteiger partial charge in [-0.05, 0) is 37.6 Å². The molecule has 0 unspecified atom stereocenters. The zero-order valence-corrected chi connectivity index (χ0v) is 12.1. The Morgan fingerprint density at radius 3 is 2.55 bits per heavy atom. The molecule has 1 aromatic carbocycles. The monoisotopic (exact) mass is 277 g/mol. The number of rotatable bonds is 8. The maximum Gasteiger partial charge on any atom is 0.251 e. The summed E-state index contributed by atoms with van der Waals surface area (Å²) < 4.78 is 5.58. The van der Waals surface area contributed by atoms with E-state index in [1.54, 1.807) is 31.2 Å². The maximum atomic E-state index is 11.9. The van der Waals surface area contributed by atoms with Gasteiger partial charge >= 0.3 is 0 Å². The van der Waals surface area contributed by atoms with Crippen LogP contribution in [0.2, 0.25) is 0 Å². The van der Waals surface area contributed by atoms with Crippen molar-refractivity contribution >= 4 is 11.7 Å². The molecule has 1 aromatic rings. The van der Waals surface area contributed by atoms with Gasteiger partial charge in [0.1, 0.15) is 11.6 Å². The van der Waals surface area contributed by atoms with E-state index in [9.17, 15) is 4.79 Å². The molecule has 0 aliphatic carbocycles. The molecule has 0 radical (unpaired) electrons. The van der Waals surface area contributed by atoms with Gasteiger partial charge in [-0.3, -0.25) is 10.2 Å². The van der Waals surface area contributed by atoms with Gasteiger partial charge in [0, 0.05) is 5.56 Å². The van der Waals surface area contributed by atoms with Crippen LogP contribution in [-0.2, 0) is 0 Å². The number of ether oxygens (including phenoxy) is 1. The lowest BCUT2D eigenvalue weighted by Gasteiger charge is -2.12. The van der Waals surface area contributed by atoms with E-state index in [1.165, 1.54) is 0 Å². The number of nitrogens with two attached hydrogens (primary N) is 1. The molecule has 0 aromatic heterocycles. The van der Waals surface area contributed by atoms with Crippen molar-refractivity contribution in [1.29, 1.82) is 5.41 Å². The molecule has 0 aliphatic rings. The number of carbonyl (C=O) groups is 1. The van der Waals surface area contributed by atoms with Gasteiger partial charge < -0.3 is 15.8 Å². The van der Waals surface area contributed by atoms with Crippen molar-refractivity contribution < 1.29 is 9.53 Å². The predicted octanol–water partition coefficient (Wildman–Crippen LogP) is 2.31. The fraction of sp³-hybridized carbons (Fsp3) is 0.467. The molecule has 1 atom stereocenters. The number of hydrogen-bond donors (Lipinski definition) is 3. The first-order valence-electron chi connectivity index (χ1n) is 6.92. The minimum Gasteiger partial charge on any atom is -0.494 e.